The standard InChI is InChI=1S/C12H13FO6/c1-2-19-12(18)10(15)9(14)6-4-3-5-7(13)8(6)11(16)17/h3-5,9-10,14-15H,2H2,1H3,(H,16,17). The molecule has 6 nitrogen and oxygen atoms in total. The summed E-state index contributed by atoms with van der Waals surface area (Å²) >= 11 is 0. The fourth-order valence-corrected chi connectivity index (χ4v) is 1.54. The van der Waals surface area contributed by atoms with Gasteiger partial charge in [0.05, 0.1) is 6.61 Å². The van der Waals surface area contributed by atoms with E-state index in [1.165, 1.54) is 6.92 Å². The molecular weight excluding hydrogens is 259 g/mol. The van der Waals surface area contributed by atoms with E-state index in [-0.39, 0.29) is 6.61 Å². The van der Waals surface area contributed by atoms with Crippen LogP contribution in [-0.2, 0) is 9.53 Å². The predicted octanol–water partition coefficient (Wildman–Crippen LogP) is 0.481. The number of ether oxygens (including phenoxy) is 1. The molecule has 0 saturated heterocycles. The maximum absolute atomic E-state index is 13.4. The second-order valence-corrected chi connectivity index (χ2v) is 3.65. The van der Waals surface area contributed by atoms with E-state index < -0.39 is 41.1 Å². The van der Waals surface area contributed by atoms with Gasteiger partial charge in [-0.25, -0.2) is 14.0 Å². The van der Waals surface area contributed by atoms with Gasteiger partial charge in [0.1, 0.15) is 17.5 Å². The van der Waals surface area contributed by atoms with Gasteiger partial charge in [-0.1, -0.05) is 12.1 Å². The number of carbonyl (C=O) groups excluding carboxylic acids is 1. The maximum Gasteiger partial charge on any atom is 0.339 e. The first-order valence-corrected chi connectivity index (χ1v) is 5.44. The zero-order valence-corrected chi connectivity index (χ0v) is 10.0. The van der Waals surface area contributed by atoms with E-state index in [9.17, 15) is 24.2 Å². The Bertz CT molecular complexity index is 487. The maximum atomic E-state index is 13.4. The summed E-state index contributed by atoms with van der Waals surface area (Å²) in [6.07, 6.45) is -3.87. The fourth-order valence-electron chi connectivity index (χ4n) is 1.54. The fraction of sp³-hybridized carbons (Fsp3) is 0.333. The van der Waals surface area contributed by atoms with Crippen molar-refractivity contribution in [1.29, 1.82) is 0 Å². The molecule has 0 aliphatic carbocycles. The Morgan fingerprint density at radius 3 is 2.53 bits per heavy atom. The van der Waals surface area contributed by atoms with Crippen molar-refractivity contribution in [2.75, 3.05) is 6.61 Å². The first-order valence-electron chi connectivity index (χ1n) is 5.44. The van der Waals surface area contributed by atoms with Gasteiger partial charge in [-0.15, -0.1) is 0 Å². The van der Waals surface area contributed by atoms with Crippen LogP contribution in [0.3, 0.4) is 0 Å². The minimum absolute atomic E-state index is 0.0163. The average Bonchev–Trinajstić information content (AvgIpc) is 2.36. The molecule has 0 spiro atoms. The molecule has 0 aliphatic rings. The summed E-state index contributed by atoms with van der Waals surface area (Å²) in [6.45, 7) is 1.49. The number of rotatable bonds is 5. The Labute approximate surface area is 108 Å². The molecule has 0 aromatic heterocycles. The summed E-state index contributed by atoms with van der Waals surface area (Å²) in [5, 5.41) is 28.2. The molecular formula is C12H13FO6. The highest BCUT2D eigenvalue weighted by molar-refractivity contribution is 5.90. The highest BCUT2D eigenvalue weighted by Gasteiger charge is 2.31. The van der Waals surface area contributed by atoms with Crippen LogP contribution in [0.4, 0.5) is 4.39 Å². The molecule has 0 aliphatic heterocycles. The lowest BCUT2D eigenvalue weighted by Gasteiger charge is -2.18. The number of aliphatic hydroxyl groups is 2. The third-order valence-electron chi connectivity index (χ3n) is 2.41. The van der Waals surface area contributed by atoms with Crippen molar-refractivity contribution in [3.8, 4) is 0 Å². The van der Waals surface area contributed by atoms with E-state index in [1.54, 1.807) is 0 Å². The van der Waals surface area contributed by atoms with Gasteiger partial charge < -0.3 is 20.1 Å². The Balaban J connectivity index is 3.12. The number of aromatic carboxylic acids is 1. The van der Waals surface area contributed by atoms with Crippen LogP contribution < -0.4 is 0 Å². The zero-order chi connectivity index (χ0) is 14.6. The summed E-state index contributed by atoms with van der Waals surface area (Å²) in [5.74, 6) is -3.79. The van der Waals surface area contributed by atoms with Crippen molar-refractivity contribution in [1.82, 2.24) is 0 Å². The van der Waals surface area contributed by atoms with Crippen molar-refractivity contribution in [2.24, 2.45) is 0 Å². The second-order valence-electron chi connectivity index (χ2n) is 3.65. The van der Waals surface area contributed by atoms with Gasteiger partial charge in [0.25, 0.3) is 0 Å². The predicted molar refractivity (Wildman–Crippen MR) is 61.0 cm³/mol. The quantitative estimate of drug-likeness (QED) is 0.673. The summed E-state index contributed by atoms with van der Waals surface area (Å²) in [5.41, 5.74) is -1.19. The van der Waals surface area contributed by atoms with Crippen LogP contribution in [0.15, 0.2) is 18.2 Å². The monoisotopic (exact) mass is 272 g/mol. The molecule has 0 bridgehead atoms. The SMILES string of the molecule is CCOC(=O)C(O)C(O)c1cccc(F)c1C(=O)O. The van der Waals surface area contributed by atoms with E-state index in [0.717, 1.165) is 18.2 Å². The summed E-state index contributed by atoms with van der Waals surface area (Å²) in [6, 6.07) is 3.17. The molecule has 2 atom stereocenters. The molecule has 1 aromatic rings. The van der Waals surface area contributed by atoms with E-state index in [4.69, 9.17) is 5.11 Å². The minimum Gasteiger partial charge on any atom is -0.478 e. The van der Waals surface area contributed by atoms with Gasteiger partial charge in [-0.2, -0.15) is 0 Å². The highest BCUT2D eigenvalue weighted by Crippen LogP contribution is 2.24. The average molecular weight is 272 g/mol. The largest absolute Gasteiger partial charge is 0.478 e. The van der Waals surface area contributed by atoms with E-state index in [1.807, 2.05) is 0 Å². The molecule has 0 radical (unpaired) electrons. The molecule has 0 fully saturated rings. The number of carboxylic acids is 1. The number of esters is 1. The third kappa shape index (κ3) is 3.27. The number of aliphatic hydroxyl groups excluding tert-OH is 2. The molecule has 0 heterocycles. The minimum atomic E-state index is -1.99. The van der Waals surface area contributed by atoms with Crippen molar-refractivity contribution in [2.45, 2.75) is 19.1 Å². The number of hydrogen-bond acceptors (Lipinski definition) is 5. The molecule has 0 amide bonds. The normalized spacial score (nSPS) is 13.7. The van der Waals surface area contributed by atoms with Crippen LogP contribution in [0, 0.1) is 5.82 Å². The van der Waals surface area contributed by atoms with Crippen molar-refractivity contribution >= 4 is 11.9 Å². The van der Waals surface area contributed by atoms with Crippen LogP contribution in [0.2, 0.25) is 0 Å². The highest BCUT2D eigenvalue weighted by atomic mass is 19.1. The molecule has 3 N–H and O–H groups in total. The number of benzene rings is 1. The first kappa shape index (κ1) is 15.1. The van der Waals surface area contributed by atoms with Gasteiger partial charge >= 0.3 is 11.9 Å². The van der Waals surface area contributed by atoms with Crippen LogP contribution in [0.1, 0.15) is 28.9 Å². The molecule has 7 heteroatoms. The van der Waals surface area contributed by atoms with Crippen LogP contribution in [0.5, 0.6) is 0 Å². The lowest BCUT2D eigenvalue weighted by Crippen LogP contribution is -2.31. The molecule has 104 valence electrons. The topological polar surface area (TPSA) is 104 Å². The van der Waals surface area contributed by atoms with Gasteiger partial charge in [0.2, 0.25) is 0 Å². The van der Waals surface area contributed by atoms with Crippen LogP contribution >= 0.6 is 0 Å². The van der Waals surface area contributed by atoms with E-state index in [2.05, 4.69) is 4.74 Å². The van der Waals surface area contributed by atoms with Gasteiger partial charge in [-0.05, 0) is 13.0 Å². The second kappa shape index (κ2) is 6.26. The molecule has 1 aromatic carbocycles. The summed E-state index contributed by atoms with van der Waals surface area (Å²) in [4.78, 5) is 22.2. The number of carbonyl (C=O) groups is 2. The number of hydrogen-bond donors (Lipinski definition) is 3. The van der Waals surface area contributed by atoms with Gasteiger partial charge in [-0.3, -0.25) is 0 Å². The molecule has 19 heavy (non-hydrogen) atoms. The van der Waals surface area contributed by atoms with Crippen molar-refractivity contribution < 1.29 is 34.0 Å². The Kier molecular flexibility index (Phi) is 4.96. The smallest absolute Gasteiger partial charge is 0.339 e. The number of halogens is 1. The lowest BCUT2D eigenvalue weighted by atomic mass is 9.98. The van der Waals surface area contributed by atoms with Crippen molar-refractivity contribution in [3.63, 3.8) is 0 Å². The Morgan fingerprint density at radius 2 is 2.00 bits per heavy atom. The lowest BCUT2D eigenvalue weighted by molar-refractivity contribution is -0.159. The zero-order valence-electron chi connectivity index (χ0n) is 10.0. The summed E-state index contributed by atoms with van der Waals surface area (Å²) in [7, 11) is 0. The van der Waals surface area contributed by atoms with Gasteiger partial charge in [0, 0.05) is 5.56 Å². The van der Waals surface area contributed by atoms with Crippen LogP contribution in [0.25, 0.3) is 0 Å². The van der Waals surface area contributed by atoms with E-state index >= 15 is 0 Å². The first-order chi connectivity index (χ1) is 8.90. The number of carboxylic acid groups (broad SMARTS) is 1. The molecule has 0 saturated carbocycles. The van der Waals surface area contributed by atoms with E-state index in [0.29, 0.717) is 0 Å². The Hall–Kier alpha value is -1.99. The third-order valence-corrected chi connectivity index (χ3v) is 2.41. The molecule has 1 rings (SSSR count). The molecule has 2 unspecified atom stereocenters. The van der Waals surface area contributed by atoms with Crippen LogP contribution in [-0.4, -0.2) is 40.0 Å². The summed E-state index contributed by atoms with van der Waals surface area (Å²) < 4.78 is 17.9. The van der Waals surface area contributed by atoms with Crippen molar-refractivity contribution in [3.05, 3.63) is 35.1 Å². The Morgan fingerprint density at radius 1 is 1.37 bits per heavy atom. The van der Waals surface area contributed by atoms with Gasteiger partial charge in [0.15, 0.2) is 6.10 Å².